The Morgan fingerprint density at radius 1 is 1.10 bits per heavy atom. The lowest BCUT2D eigenvalue weighted by Gasteiger charge is -2.11. The second-order valence-corrected chi connectivity index (χ2v) is 5.19. The molecule has 1 aromatic carbocycles. The third kappa shape index (κ3) is 4.07. The minimum absolute atomic E-state index is 0.000350. The van der Waals surface area contributed by atoms with Crippen molar-refractivity contribution in [2.24, 2.45) is 0 Å². The fourth-order valence-electron chi connectivity index (χ4n) is 1.71. The molecule has 0 bridgehead atoms. The summed E-state index contributed by atoms with van der Waals surface area (Å²) in [7, 11) is 0. The largest absolute Gasteiger partial charge is 0.451 e. The van der Waals surface area contributed by atoms with Crippen LogP contribution in [0.3, 0.4) is 0 Å². The molecule has 2 aromatic rings. The monoisotopic (exact) mass is 315 g/mol. The second-order valence-electron chi connectivity index (χ2n) is 4.80. The molecule has 0 aliphatic carbocycles. The lowest BCUT2D eigenvalue weighted by atomic mass is 10.0. The number of alkyl halides is 3. The number of anilines is 2. The summed E-state index contributed by atoms with van der Waals surface area (Å²) in [6.07, 6.45) is -4.64. The van der Waals surface area contributed by atoms with Crippen LogP contribution in [0.15, 0.2) is 30.3 Å². The van der Waals surface area contributed by atoms with E-state index in [4.69, 9.17) is 11.6 Å². The lowest BCUT2D eigenvalue weighted by Crippen LogP contribution is -2.12. The van der Waals surface area contributed by atoms with E-state index in [1.165, 1.54) is 6.07 Å². The van der Waals surface area contributed by atoms with Crippen LogP contribution in [0.2, 0.25) is 5.15 Å². The van der Waals surface area contributed by atoms with Crippen LogP contribution in [0, 0.1) is 0 Å². The van der Waals surface area contributed by atoms with Gasteiger partial charge in [0.15, 0.2) is 0 Å². The van der Waals surface area contributed by atoms with Crippen molar-refractivity contribution in [2.75, 3.05) is 5.32 Å². The fraction of sp³-hybridized carbons (Fsp3) is 0.286. The quantitative estimate of drug-likeness (QED) is 0.808. The minimum atomic E-state index is -4.64. The van der Waals surface area contributed by atoms with Gasteiger partial charge >= 0.3 is 6.18 Å². The standard InChI is InChI=1S/C14H13ClF3N3/c1-8(2)9-3-5-10(6-4-9)19-12-7-11(15)20-13(21-12)14(16,17)18/h3-8H,1-2H3,(H,19,20,21). The number of benzene rings is 1. The minimum Gasteiger partial charge on any atom is -0.340 e. The van der Waals surface area contributed by atoms with Gasteiger partial charge in [0.1, 0.15) is 11.0 Å². The highest BCUT2D eigenvalue weighted by Gasteiger charge is 2.35. The first-order valence-electron chi connectivity index (χ1n) is 6.24. The first-order valence-corrected chi connectivity index (χ1v) is 6.62. The number of nitrogens with zero attached hydrogens (tertiary/aromatic N) is 2. The van der Waals surface area contributed by atoms with E-state index >= 15 is 0 Å². The molecule has 1 aromatic heterocycles. The number of hydrogen-bond donors (Lipinski definition) is 1. The molecule has 0 aliphatic heterocycles. The maximum absolute atomic E-state index is 12.6. The summed E-state index contributed by atoms with van der Waals surface area (Å²) in [5.41, 5.74) is 1.76. The Bertz CT molecular complexity index is 624. The van der Waals surface area contributed by atoms with Crippen molar-refractivity contribution in [3.63, 3.8) is 0 Å². The summed E-state index contributed by atoms with van der Waals surface area (Å²) >= 11 is 5.60. The highest BCUT2D eigenvalue weighted by atomic mass is 35.5. The molecule has 2 rings (SSSR count). The molecule has 0 saturated carbocycles. The van der Waals surface area contributed by atoms with Crippen molar-refractivity contribution >= 4 is 23.1 Å². The SMILES string of the molecule is CC(C)c1ccc(Nc2cc(Cl)nc(C(F)(F)F)n2)cc1. The zero-order valence-electron chi connectivity index (χ0n) is 11.4. The Hall–Kier alpha value is -1.82. The van der Waals surface area contributed by atoms with Crippen molar-refractivity contribution in [3.8, 4) is 0 Å². The van der Waals surface area contributed by atoms with Crippen molar-refractivity contribution in [2.45, 2.75) is 25.9 Å². The molecular weight excluding hydrogens is 303 g/mol. The van der Waals surface area contributed by atoms with Crippen LogP contribution < -0.4 is 5.32 Å². The molecule has 21 heavy (non-hydrogen) atoms. The second kappa shape index (κ2) is 5.89. The highest BCUT2D eigenvalue weighted by Crippen LogP contribution is 2.29. The lowest BCUT2D eigenvalue weighted by molar-refractivity contribution is -0.144. The molecule has 0 amide bonds. The molecule has 0 fully saturated rings. The van der Waals surface area contributed by atoms with Gasteiger partial charge in [-0.15, -0.1) is 0 Å². The third-order valence-corrected chi connectivity index (χ3v) is 2.99. The van der Waals surface area contributed by atoms with Gasteiger partial charge in [-0.3, -0.25) is 0 Å². The molecule has 1 heterocycles. The Labute approximate surface area is 125 Å². The average Bonchev–Trinajstić information content (AvgIpc) is 2.37. The van der Waals surface area contributed by atoms with E-state index < -0.39 is 12.0 Å². The van der Waals surface area contributed by atoms with Crippen molar-refractivity contribution in [1.29, 1.82) is 0 Å². The van der Waals surface area contributed by atoms with Gasteiger partial charge in [-0.2, -0.15) is 13.2 Å². The maximum atomic E-state index is 12.6. The van der Waals surface area contributed by atoms with Crippen molar-refractivity contribution < 1.29 is 13.2 Å². The highest BCUT2D eigenvalue weighted by molar-refractivity contribution is 6.29. The summed E-state index contributed by atoms with van der Waals surface area (Å²) in [4.78, 5) is 6.60. The molecule has 7 heteroatoms. The zero-order valence-corrected chi connectivity index (χ0v) is 12.1. The molecule has 0 saturated heterocycles. The average molecular weight is 316 g/mol. The molecule has 0 unspecified atom stereocenters. The van der Waals surface area contributed by atoms with Crippen LogP contribution >= 0.6 is 11.6 Å². The predicted octanol–water partition coefficient (Wildman–Crippen LogP) is 5.02. The first-order chi connectivity index (χ1) is 9.75. The Balaban J connectivity index is 2.25. The Kier molecular flexibility index (Phi) is 4.37. The van der Waals surface area contributed by atoms with Gasteiger partial charge in [0.2, 0.25) is 5.82 Å². The first kappa shape index (κ1) is 15.6. The normalized spacial score (nSPS) is 11.8. The molecule has 0 spiro atoms. The van der Waals surface area contributed by atoms with Crippen molar-refractivity contribution in [1.82, 2.24) is 9.97 Å². The van der Waals surface area contributed by atoms with Gasteiger partial charge in [0, 0.05) is 11.8 Å². The summed E-state index contributed by atoms with van der Waals surface area (Å²) < 4.78 is 37.9. The molecular formula is C14H13ClF3N3. The predicted molar refractivity (Wildman–Crippen MR) is 75.9 cm³/mol. The molecule has 0 radical (unpaired) electrons. The third-order valence-electron chi connectivity index (χ3n) is 2.80. The van der Waals surface area contributed by atoms with Crippen LogP contribution in [0.5, 0.6) is 0 Å². The van der Waals surface area contributed by atoms with E-state index in [-0.39, 0.29) is 11.0 Å². The van der Waals surface area contributed by atoms with E-state index in [0.29, 0.717) is 11.6 Å². The van der Waals surface area contributed by atoms with Crippen LogP contribution in [0.25, 0.3) is 0 Å². The number of nitrogens with one attached hydrogen (secondary N) is 1. The van der Waals surface area contributed by atoms with Gasteiger partial charge in [-0.25, -0.2) is 9.97 Å². The molecule has 1 N–H and O–H groups in total. The number of halogens is 4. The molecule has 0 atom stereocenters. The number of aromatic nitrogens is 2. The number of hydrogen-bond acceptors (Lipinski definition) is 3. The zero-order chi connectivity index (χ0) is 15.6. The molecule has 3 nitrogen and oxygen atoms in total. The van der Waals surface area contributed by atoms with E-state index in [1.54, 1.807) is 12.1 Å². The Morgan fingerprint density at radius 2 is 1.71 bits per heavy atom. The molecule has 112 valence electrons. The smallest absolute Gasteiger partial charge is 0.340 e. The van der Waals surface area contributed by atoms with Gasteiger partial charge < -0.3 is 5.32 Å². The van der Waals surface area contributed by atoms with Crippen LogP contribution in [0.1, 0.15) is 31.2 Å². The summed E-state index contributed by atoms with van der Waals surface area (Å²) in [5, 5.41) is 2.52. The van der Waals surface area contributed by atoms with E-state index in [2.05, 4.69) is 29.1 Å². The van der Waals surface area contributed by atoms with Crippen LogP contribution in [-0.2, 0) is 6.18 Å². The van der Waals surface area contributed by atoms with E-state index in [9.17, 15) is 13.2 Å². The van der Waals surface area contributed by atoms with E-state index in [1.807, 2.05) is 12.1 Å². The van der Waals surface area contributed by atoms with Gasteiger partial charge in [0.25, 0.3) is 0 Å². The van der Waals surface area contributed by atoms with Gasteiger partial charge in [-0.05, 0) is 23.6 Å². The van der Waals surface area contributed by atoms with Crippen LogP contribution in [0.4, 0.5) is 24.7 Å². The van der Waals surface area contributed by atoms with Gasteiger partial charge in [0.05, 0.1) is 0 Å². The molecule has 0 aliphatic rings. The van der Waals surface area contributed by atoms with Crippen molar-refractivity contribution in [3.05, 3.63) is 46.9 Å². The maximum Gasteiger partial charge on any atom is 0.451 e. The Morgan fingerprint density at radius 3 is 2.24 bits per heavy atom. The summed E-state index contributed by atoms with van der Waals surface area (Å²) in [5.74, 6) is -0.889. The summed E-state index contributed by atoms with van der Waals surface area (Å²) in [6.45, 7) is 4.12. The van der Waals surface area contributed by atoms with E-state index in [0.717, 1.165) is 5.56 Å². The summed E-state index contributed by atoms with van der Waals surface area (Å²) in [6, 6.07) is 8.60. The fourth-order valence-corrected chi connectivity index (χ4v) is 1.89. The van der Waals surface area contributed by atoms with Crippen LogP contribution in [-0.4, -0.2) is 9.97 Å². The van der Waals surface area contributed by atoms with Gasteiger partial charge in [-0.1, -0.05) is 37.6 Å². The topological polar surface area (TPSA) is 37.8 Å². The number of rotatable bonds is 3.